The largest absolute Gasteiger partial charge is 0.373 e. The highest BCUT2D eigenvalue weighted by molar-refractivity contribution is 9.10. The lowest BCUT2D eigenvalue weighted by Gasteiger charge is -2.08. The van der Waals surface area contributed by atoms with Crippen molar-refractivity contribution in [1.29, 1.82) is 0 Å². The molecule has 0 bridgehead atoms. The second-order valence-electron chi connectivity index (χ2n) is 3.57. The molecule has 2 heterocycles. The van der Waals surface area contributed by atoms with Gasteiger partial charge in [0.15, 0.2) is 0 Å². The average Bonchev–Trinajstić information content (AvgIpc) is 2.73. The molecule has 0 atom stereocenters. The molecule has 0 aliphatic heterocycles. The van der Waals surface area contributed by atoms with Crippen molar-refractivity contribution in [2.24, 2.45) is 7.05 Å². The fourth-order valence-electron chi connectivity index (χ4n) is 1.49. The zero-order valence-corrected chi connectivity index (χ0v) is 11.1. The number of hydrogen-bond donors (Lipinski definition) is 1. The van der Waals surface area contributed by atoms with Crippen molar-refractivity contribution in [2.45, 2.75) is 6.54 Å². The summed E-state index contributed by atoms with van der Waals surface area (Å²) >= 11 is 3.25. The SMILES string of the molecule is Cn1nccc1CNc1c(Br)cncc1[N+](=O)[O-]. The van der Waals surface area contributed by atoms with Gasteiger partial charge in [0.05, 0.1) is 21.6 Å². The maximum Gasteiger partial charge on any atom is 0.311 e. The molecule has 2 aromatic heterocycles. The molecule has 0 aromatic carbocycles. The lowest BCUT2D eigenvalue weighted by atomic mass is 10.3. The average molecular weight is 312 g/mol. The van der Waals surface area contributed by atoms with Crippen molar-refractivity contribution in [1.82, 2.24) is 14.8 Å². The lowest BCUT2D eigenvalue weighted by Crippen LogP contribution is -2.07. The van der Waals surface area contributed by atoms with Crippen LogP contribution in [0.3, 0.4) is 0 Å². The standard InChI is InChI=1S/C10H10BrN5O2/c1-15-7(2-3-14-15)4-13-10-8(11)5-12-6-9(10)16(17)18/h2-3,5-6H,4H2,1H3,(H,12,13). The fraction of sp³-hybridized carbons (Fsp3) is 0.200. The number of nitrogens with one attached hydrogen (secondary N) is 1. The van der Waals surface area contributed by atoms with Crippen LogP contribution in [-0.2, 0) is 13.6 Å². The van der Waals surface area contributed by atoms with Gasteiger partial charge in [-0.2, -0.15) is 5.10 Å². The van der Waals surface area contributed by atoms with E-state index in [9.17, 15) is 10.1 Å². The molecule has 0 unspecified atom stereocenters. The van der Waals surface area contributed by atoms with Crippen molar-refractivity contribution >= 4 is 27.3 Å². The molecule has 2 rings (SSSR count). The Morgan fingerprint density at radius 1 is 1.56 bits per heavy atom. The first kappa shape index (κ1) is 12.5. The third-order valence-electron chi connectivity index (χ3n) is 2.45. The van der Waals surface area contributed by atoms with Crippen molar-refractivity contribution < 1.29 is 4.92 Å². The number of hydrogen-bond acceptors (Lipinski definition) is 5. The van der Waals surface area contributed by atoms with Crippen LogP contribution in [-0.4, -0.2) is 19.7 Å². The number of aryl methyl sites for hydroxylation is 1. The van der Waals surface area contributed by atoms with Crippen LogP contribution in [0.15, 0.2) is 29.1 Å². The van der Waals surface area contributed by atoms with E-state index in [2.05, 4.69) is 31.3 Å². The highest BCUT2D eigenvalue weighted by Gasteiger charge is 2.17. The number of rotatable bonds is 4. The molecule has 94 valence electrons. The smallest absolute Gasteiger partial charge is 0.311 e. The molecule has 0 saturated carbocycles. The van der Waals surface area contributed by atoms with Crippen molar-refractivity contribution in [3.05, 3.63) is 44.9 Å². The molecule has 0 aliphatic carbocycles. The van der Waals surface area contributed by atoms with Gasteiger partial charge in [0.1, 0.15) is 11.9 Å². The molecule has 0 aliphatic rings. The quantitative estimate of drug-likeness (QED) is 0.690. The summed E-state index contributed by atoms with van der Waals surface area (Å²) in [6.45, 7) is 0.444. The van der Waals surface area contributed by atoms with Gasteiger partial charge in [0, 0.05) is 19.4 Å². The van der Waals surface area contributed by atoms with E-state index in [4.69, 9.17) is 0 Å². The summed E-state index contributed by atoms with van der Waals surface area (Å²) in [6, 6.07) is 1.84. The zero-order valence-electron chi connectivity index (χ0n) is 9.50. The Labute approximate surface area is 111 Å². The molecule has 8 heteroatoms. The van der Waals surface area contributed by atoms with E-state index in [-0.39, 0.29) is 5.69 Å². The Morgan fingerprint density at radius 3 is 2.94 bits per heavy atom. The van der Waals surface area contributed by atoms with Gasteiger partial charge in [-0.25, -0.2) is 0 Å². The topological polar surface area (TPSA) is 85.9 Å². The Balaban J connectivity index is 2.24. The minimum absolute atomic E-state index is 0.0634. The summed E-state index contributed by atoms with van der Waals surface area (Å²) < 4.78 is 2.26. The van der Waals surface area contributed by atoms with Gasteiger partial charge in [-0.1, -0.05) is 0 Å². The monoisotopic (exact) mass is 311 g/mol. The van der Waals surface area contributed by atoms with Crippen LogP contribution in [0.4, 0.5) is 11.4 Å². The molecule has 2 aromatic rings. The first-order chi connectivity index (χ1) is 8.59. The highest BCUT2D eigenvalue weighted by Crippen LogP contribution is 2.31. The van der Waals surface area contributed by atoms with Gasteiger partial charge < -0.3 is 5.32 Å². The fourth-order valence-corrected chi connectivity index (χ4v) is 1.95. The molecule has 0 saturated heterocycles. The third kappa shape index (κ3) is 2.48. The van der Waals surface area contributed by atoms with Crippen molar-refractivity contribution in [2.75, 3.05) is 5.32 Å². The van der Waals surface area contributed by atoms with E-state index in [0.29, 0.717) is 16.7 Å². The lowest BCUT2D eigenvalue weighted by molar-refractivity contribution is -0.384. The molecular formula is C10H10BrN5O2. The third-order valence-corrected chi connectivity index (χ3v) is 3.05. The Bertz CT molecular complexity index is 583. The number of nitrogens with zero attached hydrogens (tertiary/aromatic N) is 4. The molecule has 1 N–H and O–H groups in total. The van der Waals surface area contributed by atoms with Crippen LogP contribution < -0.4 is 5.32 Å². The maximum absolute atomic E-state index is 10.9. The number of anilines is 1. The minimum atomic E-state index is -0.469. The number of nitro groups is 1. The van der Waals surface area contributed by atoms with E-state index in [1.807, 2.05) is 13.1 Å². The molecule has 0 radical (unpaired) electrons. The molecular weight excluding hydrogens is 302 g/mol. The number of halogens is 1. The van der Waals surface area contributed by atoms with Crippen LogP contribution in [0, 0.1) is 10.1 Å². The molecule has 0 amide bonds. The van der Waals surface area contributed by atoms with Gasteiger partial charge >= 0.3 is 5.69 Å². The Hall–Kier alpha value is -1.96. The number of aromatic nitrogens is 3. The van der Waals surface area contributed by atoms with Crippen LogP contribution in [0.25, 0.3) is 0 Å². The first-order valence-corrected chi connectivity index (χ1v) is 5.87. The van der Waals surface area contributed by atoms with Crippen molar-refractivity contribution in [3.8, 4) is 0 Å². The van der Waals surface area contributed by atoms with Crippen LogP contribution >= 0.6 is 15.9 Å². The molecule has 0 fully saturated rings. The van der Waals surface area contributed by atoms with Gasteiger partial charge in [-0.3, -0.25) is 19.8 Å². The predicted octanol–water partition coefficient (Wildman–Crippen LogP) is 2.10. The predicted molar refractivity (Wildman–Crippen MR) is 69.1 cm³/mol. The Kier molecular flexibility index (Phi) is 3.56. The van der Waals surface area contributed by atoms with E-state index < -0.39 is 4.92 Å². The zero-order chi connectivity index (χ0) is 13.1. The summed E-state index contributed by atoms with van der Waals surface area (Å²) in [7, 11) is 1.81. The van der Waals surface area contributed by atoms with Crippen LogP contribution in [0.5, 0.6) is 0 Å². The van der Waals surface area contributed by atoms with E-state index in [1.165, 1.54) is 12.4 Å². The molecule has 0 spiro atoms. The second-order valence-corrected chi connectivity index (χ2v) is 4.43. The minimum Gasteiger partial charge on any atom is -0.373 e. The molecule has 18 heavy (non-hydrogen) atoms. The van der Waals surface area contributed by atoms with Gasteiger partial charge in [-0.05, 0) is 22.0 Å². The summed E-state index contributed by atoms with van der Waals surface area (Å²) in [6.07, 6.45) is 4.40. The number of pyridine rings is 1. The molecule has 7 nitrogen and oxygen atoms in total. The highest BCUT2D eigenvalue weighted by atomic mass is 79.9. The van der Waals surface area contributed by atoms with Crippen LogP contribution in [0.2, 0.25) is 0 Å². The maximum atomic E-state index is 10.9. The van der Waals surface area contributed by atoms with Gasteiger partial charge in [0.2, 0.25) is 0 Å². The Morgan fingerprint density at radius 2 is 2.33 bits per heavy atom. The summed E-state index contributed by atoms with van der Waals surface area (Å²) in [5, 5.41) is 17.9. The summed E-state index contributed by atoms with van der Waals surface area (Å²) in [5.74, 6) is 0. The van der Waals surface area contributed by atoms with E-state index in [0.717, 1.165) is 5.69 Å². The van der Waals surface area contributed by atoms with Gasteiger partial charge in [-0.15, -0.1) is 0 Å². The van der Waals surface area contributed by atoms with Gasteiger partial charge in [0.25, 0.3) is 0 Å². The first-order valence-electron chi connectivity index (χ1n) is 5.08. The van der Waals surface area contributed by atoms with E-state index in [1.54, 1.807) is 10.9 Å². The second kappa shape index (κ2) is 5.13. The normalized spacial score (nSPS) is 10.3. The summed E-state index contributed by atoms with van der Waals surface area (Å²) in [5.41, 5.74) is 1.27. The summed E-state index contributed by atoms with van der Waals surface area (Å²) in [4.78, 5) is 14.2. The van der Waals surface area contributed by atoms with Crippen LogP contribution in [0.1, 0.15) is 5.69 Å². The van der Waals surface area contributed by atoms with E-state index >= 15 is 0 Å². The van der Waals surface area contributed by atoms with Crippen molar-refractivity contribution in [3.63, 3.8) is 0 Å².